The Balaban J connectivity index is 0.00000210. The van der Waals surface area contributed by atoms with Gasteiger partial charge in [0, 0.05) is 46.2 Å². The van der Waals surface area contributed by atoms with Gasteiger partial charge in [0.2, 0.25) is 0 Å². The lowest BCUT2D eigenvalue weighted by atomic mass is 9.82. The Morgan fingerprint density at radius 2 is 1.93 bits per heavy atom. The van der Waals surface area contributed by atoms with Crippen molar-refractivity contribution in [2.24, 2.45) is 16.8 Å². The lowest BCUT2D eigenvalue weighted by molar-refractivity contribution is 0.299. The molecule has 1 aliphatic carbocycles. The summed E-state index contributed by atoms with van der Waals surface area (Å²) in [7, 11) is 1.87. The molecule has 3 aliphatic rings. The third-order valence-corrected chi connectivity index (χ3v) is 6.35. The first kappa shape index (κ1) is 20.7. The SMILES string of the molecule is CN=C(NCCCn1nc2n(c1=O)CCCC2)N1CC2CCCCC2C1.I. The highest BCUT2D eigenvalue weighted by Crippen LogP contribution is 2.35. The number of aromatic nitrogens is 3. The van der Waals surface area contributed by atoms with Crippen molar-refractivity contribution >= 4 is 29.9 Å². The summed E-state index contributed by atoms with van der Waals surface area (Å²) in [6, 6.07) is 0. The molecular weight excluding hydrogens is 455 g/mol. The summed E-state index contributed by atoms with van der Waals surface area (Å²) in [5, 5.41) is 8.01. The number of nitrogens with zero attached hydrogens (tertiary/aromatic N) is 5. The van der Waals surface area contributed by atoms with Crippen LogP contribution in [0.3, 0.4) is 0 Å². The molecule has 1 N–H and O–H groups in total. The van der Waals surface area contributed by atoms with Crippen molar-refractivity contribution in [3.63, 3.8) is 0 Å². The van der Waals surface area contributed by atoms with Crippen molar-refractivity contribution in [3.8, 4) is 0 Å². The van der Waals surface area contributed by atoms with Gasteiger partial charge in [0.15, 0.2) is 5.96 Å². The summed E-state index contributed by atoms with van der Waals surface area (Å²) in [6.45, 7) is 4.63. The highest BCUT2D eigenvalue weighted by molar-refractivity contribution is 14.0. The van der Waals surface area contributed by atoms with Crippen LogP contribution >= 0.6 is 24.0 Å². The van der Waals surface area contributed by atoms with Crippen LogP contribution in [0, 0.1) is 11.8 Å². The molecule has 2 fully saturated rings. The van der Waals surface area contributed by atoms with Gasteiger partial charge < -0.3 is 10.2 Å². The molecule has 0 amide bonds. The van der Waals surface area contributed by atoms with Crippen LogP contribution in [0.4, 0.5) is 0 Å². The second-order valence-corrected chi connectivity index (χ2v) is 8.07. The second-order valence-electron chi connectivity index (χ2n) is 8.07. The van der Waals surface area contributed by atoms with Gasteiger partial charge in [0.1, 0.15) is 5.82 Å². The van der Waals surface area contributed by atoms with E-state index in [1.807, 2.05) is 11.6 Å². The van der Waals surface area contributed by atoms with Gasteiger partial charge in [-0.3, -0.25) is 9.56 Å². The molecule has 2 aliphatic heterocycles. The molecule has 2 unspecified atom stereocenters. The van der Waals surface area contributed by atoms with E-state index < -0.39 is 0 Å². The summed E-state index contributed by atoms with van der Waals surface area (Å²) in [6.07, 6.45) is 9.61. The van der Waals surface area contributed by atoms with Crippen molar-refractivity contribution in [3.05, 3.63) is 16.3 Å². The van der Waals surface area contributed by atoms with Gasteiger partial charge in [-0.1, -0.05) is 12.8 Å². The maximum Gasteiger partial charge on any atom is 0.345 e. The lowest BCUT2D eigenvalue weighted by Gasteiger charge is -2.22. The molecule has 1 aromatic heterocycles. The molecule has 0 radical (unpaired) electrons. The fraction of sp³-hybridized carbons (Fsp3) is 0.842. The van der Waals surface area contributed by atoms with E-state index in [4.69, 9.17) is 0 Å². The van der Waals surface area contributed by atoms with Crippen LogP contribution in [-0.4, -0.2) is 51.9 Å². The van der Waals surface area contributed by atoms with Crippen molar-refractivity contribution in [1.29, 1.82) is 0 Å². The van der Waals surface area contributed by atoms with Gasteiger partial charge in [0.05, 0.1) is 0 Å². The number of hydrogen-bond donors (Lipinski definition) is 1. The Morgan fingerprint density at radius 1 is 1.19 bits per heavy atom. The van der Waals surface area contributed by atoms with Crippen LogP contribution in [-0.2, 0) is 19.5 Å². The van der Waals surface area contributed by atoms with Crippen LogP contribution in [0.1, 0.15) is 50.8 Å². The average molecular weight is 488 g/mol. The predicted molar refractivity (Wildman–Crippen MR) is 118 cm³/mol. The van der Waals surface area contributed by atoms with E-state index in [2.05, 4.69) is 20.3 Å². The minimum Gasteiger partial charge on any atom is -0.356 e. The van der Waals surface area contributed by atoms with E-state index in [0.29, 0.717) is 6.54 Å². The summed E-state index contributed by atoms with van der Waals surface area (Å²) < 4.78 is 3.50. The molecule has 27 heavy (non-hydrogen) atoms. The Morgan fingerprint density at radius 3 is 2.59 bits per heavy atom. The number of halogens is 1. The quantitative estimate of drug-likeness (QED) is 0.305. The maximum atomic E-state index is 12.4. The summed E-state index contributed by atoms with van der Waals surface area (Å²) in [4.78, 5) is 19.3. The van der Waals surface area contributed by atoms with Gasteiger partial charge in [-0.25, -0.2) is 9.48 Å². The third-order valence-electron chi connectivity index (χ3n) is 6.35. The number of likely N-dealkylation sites (tertiary alicyclic amines) is 1. The molecule has 2 atom stereocenters. The second kappa shape index (κ2) is 9.43. The molecule has 0 bridgehead atoms. The Labute approximate surface area is 178 Å². The standard InChI is InChI=1S/C19H32N6O.HI/c1-20-18(23-13-15-7-2-3-8-16(15)14-23)21-10-6-12-25-19(26)24-11-5-4-9-17(24)22-25;/h15-16H,2-14H2,1H3,(H,20,21);1H. The minimum atomic E-state index is 0. The largest absolute Gasteiger partial charge is 0.356 e. The van der Waals surface area contributed by atoms with E-state index >= 15 is 0 Å². The highest BCUT2D eigenvalue weighted by atomic mass is 127. The maximum absolute atomic E-state index is 12.4. The minimum absolute atomic E-state index is 0. The number of aryl methyl sites for hydroxylation is 2. The molecule has 0 aromatic carbocycles. The summed E-state index contributed by atoms with van der Waals surface area (Å²) in [5.74, 6) is 3.70. The van der Waals surface area contributed by atoms with Crippen LogP contribution in [0.2, 0.25) is 0 Å². The fourth-order valence-corrected chi connectivity index (χ4v) is 4.93. The lowest BCUT2D eigenvalue weighted by Crippen LogP contribution is -2.41. The van der Waals surface area contributed by atoms with Gasteiger partial charge in [-0.2, -0.15) is 5.10 Å². The normalized spacial score (nSPS) is 24.9. The molecule has 1 aromatic rings. The predicted octanol–water partition coefficient (Wildman–Crippen LogP) is 2.09. The molecule has 4 rings (SSSR count). The van der Waals surface area contributed by atoms with Crippen molar-refractivity contribution in [1.82, 2.24) is 24.6 Å². The monoisotopic (exact) mass is 488 g/mol. The zero-order valence-corrected chi connectivity index (χ0v) is 18.7. The number of rotatable bonds is 4. The molecule has 7 nitrogen and oxygen atoms in total. The Hall–Kier alpha value is -1.06. The molecule has 1 saturated heterocycles. The smallest absolute Gasteiger partial charge is 0.345 e. The van der Waals surface area contributed by atoms with E-state index in [1.165, 1.54) is 25.7 Å². The Kier molecular flexibility index (Phi) is 7.22. The van der Waals surface area contributed by atoms with Gasteiger partial charge in [0.25, 0.3) is 0 Å². The van der Waals surface area contributed by atoms with E-state index in [1.54, 1.807) is 4.68 Å². The van der Waals surface area contributed by atoms with Crippen LogP contribution in [0.25, 0.3) is 0 Å². The molecule has 3 heterocycles. The molecule has 152 valence electrons. The van der Waals surface area contributed by atoms with Crippen LogP contribution in [0.5, 0.6) is 0 Å². The van der Waals surface area contributed by atoms with Crippen molar-refractivity contribution < 1.29 is 0 Å². The first-order valence-corrected chi connectivity index (χ1v) is 10.4. The average Bonchev–Trinajstić information content (AvgIpc) is 3.23. The first-order valence-electron chi connectivity index (χ1n) is 10.4. The number of nitrogens with one attached hydrogen (secondary N) is 1. The molecule has 8 heteroatoms. The number of hydrogen-bond acceptors (Lipinski definition) is 3. The number of aliphatic imine (C=N–C) groups is 1. The number of guanidine groups is 1. The van der Waals surface area contributed by atoms with Gasteiger partial charge in [-0.05, 0) is 43.9 Å². The molecule has 0 spiro atoms. The van der Waals surface area contributed by atoms with Crippen molar-refractivity contribution in [2.45, 2.75) is 64.5 Å². The summed E-state index contributed by atoms with van der Waals surface area (Å²) >= 11 is 0. The van der Waals surface area contributed by atoms with Gasteiger partial charge in [-0.15, -0.1) is 24.0 Å². The zero-order chi connectivity index (χ0) is 17.9. The van der Waals surface area contributed by atoms with Crippen LogP contribution < -0.4 is 11.0 Å². The van der Waals surface area contributed by atoms with Gasteiger partial charge >= 0.3 is 5.69 Å². The fourth-order valence-electron chi connectivity index (χ4n) is 4.93. The highest BCUT2D eigenvalue weighted by Gasteiger charge is 2.35. The topological polar surface area (TPSA) is 67.5 Å². The molecule has 1 saturated carbocycles. The van der Waals surface area contributed by atoms with E-state index in [0.717, 1.165) is 75.5 Å². The molecular formula is C19H33IN6O. The first-order chi connectivity index (χ1) is 12.8. The van der Waals surface area contributed by atoms with Crippen molar-refractivity contribution in [2.75, 3.05) is 26.7 Å². The Bertz CT molecular complexity index is 698. The number of fused-ring (bicyclic) bond motifs is 2. The zero-order valence-electron chi connectivity index (χ0n) is 16.4. The van der Waals surface area contributed by atoms with E-state index in [9.17, 15) is 4.79 Å². The third kappa shape index (κ3) is 4.51. The van der Waals surface area contributed by atoms with Crippen LogP contribution in [0.15, 0.2) is 9.79 Å². The van der Waals surface area contributed by atoms with E-state index in [-0.39, 0.29) is 29.7 Å². The summed E-state index contributed by atoms with van der Waals surface area (Å²) in [5.41, 5.74) is 0.0627.